The molecule has 0 spiro atoms. The van der Waals surface area contributed by atoms with Crippen molar-refractivity contribution in [1.29, 1.82) is 0 Å². The number of hydrogen-bond donors (Lipinski definition) is 1. The Balaban J connectivity index is 4.65. The summed E-state index contributed by atoms with van der Waals surface area (Å²) in [5.41, 5.74) is 0. The number of carbonyl (C=O) groups excluding carboxylic acids is 3. The van der Waals surface area contributed by atoms with Crippen LogP contribution in [0.5, 0.6) is 0 Å². The fourth-order valence-corrected chi connectivity index (χ4v) is 2.85. The van der Waals surface area contributed by atoms with Gasteiger partial charge >= 0.3 is 19.8 Å². The molecule has 0 rings (SSSR count). The number of phosphoric acid groups is 1. The lowest BCUT2D eigenvalue weighted by atomic mass is 10.2. The molecule has 0 aliphatic heterocycles. The molecule has 0 saturated heterocycles. The number of quaternary nitrogens is 1. The molecule has 1 unspecified atom stereocenters. The lowest BCUT2D eigenvalue weighted by Gasteiger charge is -2.24. The van der Waals surface area contributed by atoms with Crippen LogP contribution in [0.25, 0.3) is 0 Å². The van der Waals surface area contributed by atoms with Gasteiger partial charge in [0.1, 0.15) is 26.0 Å². The molecular weight excluding hydrogens is 417 g/mol. The molecule has 0 amide bonds. The molecule has 0 aromatic carbocycles. The highest BCUT2D eigenvalue weighted by atomic mass is 31.2. The molecule has 1 N–H and O–H groups in total. The van der Waals surface area contributed by atoms with Gasteiger partial charge in [0, 0.05) is 19.3 Å². The van der Waals surface area contributed by atoms with Crippen molar-refractivity contribution in [3.63, 3.8) is 0 Å². The minimum absolute atomic E-state index is 0.000157. The van der Waals surface area contributed by atoms with E-state index in [9.17, 15) is 23.8 Å². The molecule has 0 heterocycles. The minimum atomic E-state index is -4.36. The first kappa shape index (κ1) is 28.7. The predicted octanol–water partition coefficient (Wildman–Crippen LogP) is 2.23. The van der Waals surface area contributed by atoms with Crippen LogP contribution in [-0.4, -0.2) is 81.2 Å². The van der Waals surface area contributed by atoms with E-state index in [1.165, 1.54) is 0 Å². The number of carbonyl (C=O) groups is 3. The smallest absolute Gasteiger partial charge is 0.462 e. The van der Waals surface area contributed by atoms with Gasteiger partial charge in [-0.25, -0.2) is 4.57 Å². The first-order valence-electron chi connectivity index (χ1n) is 10.2. The van der Waals surface area contributed by atoms with Gasteiger partial charge in [0.15, 0.2) is 6.10 Å². The highest BCUT2D eigenvalue weighted by molar-refractivity contribution is 7.47. The maximum atomic E-state index is 12.0. The van der Waals surface area contributed by atoms with E-state index in [-0.39, 0.29) is 32.5 Å². The van der Waals surface area contributed by atoms with Gasteiger partial charge in [0.05, 0.1) is 27.7 Å². The number of hydrogen-bond acceptors (Lipinski definition) is 8. The summed E-state index contributed by atoms with van der Waals surface area (Å²) in [6, 6.07) is 0. The summed E-state index contributed by atoms with van der Waals surface area (Å²) in [6.45, 7) is 1.72. The van der Waals surface area contributed by atoms with E-state index < -0.39 is 32.5 Å². The second kappa shape index (κ2) is 15.5. The third-order valence-corrected chi connectivity index (χ3v) is 4.84. The van der Waals surface area contributed by atoms with Gasteiger partial charge in [0.2, 0.25) is 0 Å². The standard InChI is InChI=1S/C19H36NO9P/c1-5-6-7-10-18(22)26-15-17(29-19(23)11-8-9-13-21)16-28-30(24,25)27-14-12-20(2,3)4/h13,17H,5-12,14-16H2,1-4H3/p+1/t17-/m1/s1. The molecule has 2 atom stereocenters. The molecule has 0 aliphatic carbocycles. The zero-order valence-electron chi connectivity index (χ0n) is 18.5. The maximum absolute atomic E-state index is 12.0. The molecule has 0 radical (unpaired) electrons. The van der Waals surface area contributed by atoms with Crippen LogP contribution in [0.2, 0.25) is 0 Å². The topological polar surface area (TPSA) is 125 Å². The van der Waals surface area contributed by atoms with Crippen LogP contribution >= 0.6 is 7.82 Å². The third kappa shape index (κ3) is 17.5. The first-order valence-corrected chi connectivity index (χ1v) is 11.7. The van der Waals surface area contributed by atoms with E-state index in [0.717, 1.165) is 12.8 Å². The number of likely N-dealkylation sites (N-methyl/N-ethyl adjacent to an activating group) is 1. The molecule has 0 aliphatic rings. The molecule has 0 aromatic heterocycles. The van der Waals surface area contributed by atoms with E-state index in [2.05, 4.69) is 0 Å². The SMILES string of the molecule is CCCCCC(=O)OC[C@H](COP(=O)(O)OCC[N+](C)(C)C)OC(=O)CCCC=O. The Morgan fingerprint density at radius 1 is 1.03 bits per heavy atom. The highest BCUT2D eigenvalue weighted by Crippen LogP contribution is 2.43. The van der Waals surface area contributed by atoms with E-state index in [4.69, 9.17) is 18.5 Å². The summed E-state index contributed by atoms with van der Waals surface area (Å²) < 4.78 is 32.7. The average Bonchev–Trinajstić information content (AvgIpc) is 2.63. The molecule has 0 aromatic rings. The van der Waals surface area contributed by atoms with Crippen LogP contribution in [0.4, 0.5) is 0 Å². The van der Waals surface area contributed by atoms with Gasteiger partial charge in [-0.15, -0.1) is 0 Å². The third-order valence-electron chi connectivity index (χ3n) is 3.86. The van der Waals surface area contributed by atoms with Crippen LogP contribution in [0.3, 0.4) is 0 Å². The van der Waals surface area contributed by atoms with Crippen molar-refractivity contribution in [2.24, 2.45) is 0 Å². The summed E-state index contributed by atoms with van der Waals surface area (Å²) >= 11 is 0. The van der Waals surface area contributed by atoms with Gasteiger partial charge in [-0.05, 0) is 12.8 Å². The maximum Gasteiger partial charge on any atom is 0.472 e. The average molecular weight is 454 g/mol. The monoisotopic (exact) mass is 454 g/mol. The highest BCUT2D eigenvalue weighted by Gasteiger charge is 2.26. The Morgan fingerprint density at radius 3 is 2.30 bits per heavy atom. The number of unbranched alkanes of at least 4 members (excludes halogenated alkanes) is 3. The molecule has 0 fully saturated rings. The normalized spacial score (nSPS) is 14.6. The second-order valence-corrected chi connectivity index (χ2v) is 9.38. The Morgan fingerprint density at radius 2 is 1.70 bits per heavy atom. The van der Waals surface area contributed by atoms with Crippen molar-refractivity contribution in [2.45, 2.75) is 58.0 Å². The predicted molar refractivity (Wildman–Crippen MR) is 110 cm³/mol. The van der Waals surface area contributed by atoms with Gasteiger partial charge in [0.25, 0.3) is 0 Å². The van der Waals surface area contributed by atoms with Crippen LogP contribution in [0.15, 0.2) is 0 Å². The lowest BCUT2D eigenvalue weighted by Crippen LogP contribution is -2.37. The second-order valence-electron chi connectivity index (χ2n) is 7.92. The Hall–Kier alpha value is -1.32. The fraction of sp³-hybridized carbons (Fsp3) is 0.842. The lowest BCUT2D eigenvalue weighted by molar-refractivity contribution is -0.870. The van der Waals surface area contributed by atoms with Crippen LogP contribution < -0.4 is 0 Å². The summed E-state index contributed by atoms with van der Waals surface area (Å²) in [6.07, 6.45) is 2.95. The van der Waals surface area contributed by atoms with Crippen molar-refractivity contribution in [2.75, 3.05) is 47.5 Å². The zero-order valence-corrected chi connectivity index (χ0v) is 19.4. The number of esters is 2. The summed E-state index contributed by atoms with van der Waals surface area (Å²) in [4.78, 5) is 43.8. The van der Waals surface area contributed by atoms with Crippen molar-refractivity contribution in [3.05, 3.63) is 0 Å². The van der Waals surface area contributed by atoms with Gasteiger partial charge in [-0.1, -0.05) is 19.8 Å². The van der Waals surface area contributed by atoms with Gasteiger partial charge in [-0.2, -0.15) is 0 Å². The van der Waals surface area contributed by atoms with Crippen LogP contribution in [0, 0.1) is 0 Å². The van der Waals surface area contributed by atoms with Crippen molar-refractivity contribution in [3.8, 4) is 0 Å². The molecule has 176 valence electrons. The first-order chi connectivity index (χ1) is 14.0. The Labute approximate surface area is 179 Å². The summed E-state index contributed by atoms with van der Waals surface area (Å²) in [5.74, 6) is -1.07. The number of nitrogens with zero attached hydrogens (tertiary/aromatic N) is 1. The number of rotatable bonds is 18. The Kier molecular flexibility index (Phi) is 14.8. The molecule has 0 saturated carbocycles. The van der Waals surface area contributed by atoms with Crippen LogP contribution in [0.1, 0.15) is 51.9 Å². The molecule has 30 heavy (non-hydrogen) atoms. The largest absolute Gasteiger partial charge is 0.472 e. The van der Waals surface area contributed by atoms with Crippen LogP contribution in [-0.2, 0) is 37.5 Å². The fourth-order valence-electron chi connectivity index (χ4n) is 2.11. The molecular formula is C19H37NO9P+. The van der Waals surface area contributed by atoms with E-state index in [1.807, 2.05) is 28.1 Å². The quantitative estimate of drug-likeness (QED) is 0.109. The van der Waals surface area contributed by atoms with E-state index in [0.29, 0.717) is 30.2 Å². The molecule has 11 heteroatoms. The number of aldehydes is 1. The number of phosphoric ester groups is 1. The van der Waals surface area contributed by atoms with E-state index in [1.54, 1.807) is 0 Å². The minimum Gasteiger partial charge on any atom is -0.462 e. The van der Waals surface area contributed by atoms with E-state index >= 15 is 0 Å². The van der Waals surface area contributed by atoms with Crippen molar-refractivity contribution >= 4 is 26.0 Å². The van der Waals surface area contributed by atoms with Gasteiger partial charge in [-0.3, -0.25) is 18.6 Å². The van der Waals surface area contributed by atoms with Gasteiger partial charge < -0.3 is 23.6 Å². The summed E-state index contributed by atoms with van der Waals surface area (Å²) in [7, 11) is 1.35. The van der Waals surface area contributed by atoms with Crippen molar-refractivity contribution < 1.29 is 46.8 Å². The summed E-state index contributed by atoms with van der Waals surface area (Å²) in [5, 5.41) is 0. The Bertz CT molecular complexity index is 563. The van der Waals surface area contributed by atoms with Crippen molar-refractivity contribution in [1.82, 2.24) is 0 Å². The molecule has 10 nitrogen and oxygen atoms in total. The zero-order chi connectivity index (χ0) is 23.0. The number of ether oxygens (including phenoxy) is 2. The molecule has 0 bridgehead atoms.